The Morgan fingerprint density at radius 2 is 2.17 bits per heavy atom. The van der Waals surface area contributed by atoms with Gasteiger partial charge in [-0.1, -0.05) is 0 Å². The number of hydrogen-bond acceptors (Lipinski definition) is 5. The quantitative estimate of drug-likeness (QED) is 0.603. The van der Waals surface area contributed by atoms with Crippen LogP contribution in [0, 0.1) is 0 Å². The third kappa shape index (κ3) is 4.58. The molecule has 2 rings (SSSR count). The molecule has 0 saturated heterocycles. The minimum absolute atomic E-state index is 0.0505. The number of hydrazone groups is 1. The van der Waals surface area contributed by atoms with Gasteiger partial charge in [-0.2, -0.15) is 10.2 Å². The summed E-state index contributed by atoms with van der Waals surface area (Å²) in [5.74, 6) is 0.864. The molecule has 0 atom stereocenters. The maximum Gasteiger partial charge on any atom is 0.293 e. The lowest BCUT2D eigenvalue weighted by Gasteiger charge is -2.13. The zero-order valence-electron chi connectivity index (χ0n) is 13.9. The van der Waals surface area contributed by atoms with Gasteiger partial charge in [0.05, 0.1) is 23.9 Å². The fourth-order valence-corrected chi connectivity index (χ4v) is 2.50. The lowest BCUT2D eigenvalue weighted by atomic mass is 10.2. The highest BCUT2D eigenvalue weighted by Gasteiger charge is 2.13. The van der Waals surface area contributed by atoms with Crippen molar-refractivity contribution in [3.05, 3.63) is 40.1 Å². The van der Waals surface area contributed by atoms with Gasteiger partial charge in [-0.05, 0) is 53.5 Å². The summed E-state index contributed by atoms with van der Waals surface area (Å²) in [5, 5.41) is 7.99. The first-order valence-electron chi connectivity index (χ1n) is 7.28. The van der Waals surface area contributed by atoms with Crippen molar-refractivity contribution in [1.82, 2.24) is 15.2 Å². The van der Waals surface area contributed by atoms with Gasteiger partial charge in [-0.15, -0.1) is 0 Å². The van der Waals surface area contributed by atoms with Crippen LogP contribution in [-0.2, 0) is 7.05 Å². The summed E-state index contributed by atoms with van der Waals surface area (Å²) in [6.07, 6.45) is 3.27. The number of hydrogen-bond donors (Lipinski definition) is 1. The number of halogens is 1. The van der Waals surface area contributed by atoms with Gasteiger partial charge in [0, 0.05) is 13.2 Å². The maximum absolute atomic E-state index is 12.0. The predicted octanol–water partition coefficient (Wildman–Crippen LogP) is 2.74. The van der Waals surface area contributed by atoms with Crippen LogP contribution in [0.15, 0.2) is 34.0 Å². The van der Waals surface area contributed by atoms with Gasteiger partial charge >= 0.3 is 0 Å². The summed E-state index contributed by atoms with van der Waals surface area (Å²) < 4.78 is 13.1. The van der Waals surface area contributed by atoms with Gasteiger partial charge in [-0.3, -0.25) is 9.48 Å². The highest BCUT2D eigenvalue weighted by Crippen LogP contribution is 2.28. The highest BCUT2D eigenvalue weighted by atomic mass is 79.9. The molecule has 1 amide bonds. The van der Waals surface area contributed by atoms with Crippen LogP contribution in [0.4, 0.5) is 0 Å². The predicted molar refractivity (Wildman–Crippen MR) is 94.7 cm³/mol. The molecule has 0 fully saturated rings. The van der Waals surface area contributed by atoms with Gasteiger partial charge in [0.2, 0.25) is 0 Å². The number of carbonyl (C=O) groups excluding carboxylic acids is 1. The highest BCUT2D eigenvalue weighted by molar-refractivity contribution is 9.10. The number of nitrogens with zero attached hydrogens (tertiary/aromatic N) is 3. The molecule has 0 spiro atoms. The molecular weight excluding hydrogens is 376 g/mol. The fraction of sp³-hybridized carbons (Fsp3) is 0.312. The van der Waals surface area contributed by atoms with Crippen LogP contribution in [0.3, 0.4) is 0 Å². The second-order valence-electron chi connectivity index (χ2n) is 5.28. The Morgan fingerprint density at radius 3 is 2.75 bits per heavy atom. The lowest BCUT2D eigenvalue weighted by molar-refractivity contribution is 0.0948. The molecule has 1 aromatic carbocycles. The molecule has 0 bridgehead atoms. The van der Waals surface area contributed by atoms with E-state index in [9.17, 15) is 4.79 Å². The molecule has 0 aliphatic carbocycles. The van der Waals surface area contributed by atoms with E-state index < -0.39 is 5.91 Å². The Hall–Kier alpha value is -2.35. The molecule has 128 valence electrons. The van der Waals surface area contributed by atoms with Crippen molar-refractivity contribution in [1.29, 1.82) is 0 Å². The maximum atomic E-state index is 12.0. The number of benzene rings is 1. The first kappa shape index (κ1) is 18.0. The topological polar surface area (TPSA) is 77.7 Å². The average molecular weight is 395 g/mol. The van der Waals surface area contributed by atoms with E-state index in [0.717, 1.165) is 5.56 Å². The standard InChI is InChI=1S/C16H19BrN4O3/c1-10(2)24-13-6-5-11(7-14(13)23-4)8-18-19-16(22)15-12(17)9-21(3)20-15/h5-10H,1-4H3,(H,19,22). The number of methoxy groups -OCH3 is 1. The zero-order valence-corrected chi connectivity index (χ0v) is 15.5. The molecule has 0 aliphatic heterocycles. The summed E-state index contributed by atoms with van der Waals surface area (Å²) in [7, 11) is 3.31. The SMILES string of the molecule is COc1cc(C=NNC(=O)c2nn(C)cc2Br)ccc1OC(C)C. The second-order valence-corrected chi connectivity index (χ2v) is 6.13. The molecule has 8 heteroatoms. The summed E-state index contributed by atoms with van der Waals surface area (Å²) in [6, 6.07) is 5.41. The van der Waals surface area contributed by atoms with Crippen molar-refractivity contribution in [3.63, 3.8) is 0 Å². The number of rotatable bonds is 6. The molecular formula is C16H19BrN4O3. The van der Waals surface area contributed by atoms with Gasteiger partial charge < -0.3 is 9.47 Å². The summed E-state index contributed by atoms with van der Waals surface area (Å²) in [5.41, 5.74) is 3.48. The third-order valence-corrected chi connectivity index (χ3v) is 3.51. The molecule has 0 unspecified atom stereocenters. The van der Waals surface area contributed by atoms with E-state index in [1.807, 2.05) is 19.9 Å². The number of ether oxygens (including phenoxy) is 2. The van der Waals surface area contributed by atoms with E-state index in [-0.39, 0.29) is 11.8 Å². The van der Waals surface area contributed by atoms with Crippen molar-refractivity contribution in [2.45, 2.75) is 20.0 Å². The molecule has 1 N–H and O–H groups in total. The van der Waals surface area contributed by atoms with E-state index in [2.05, 4.69) is 31.6 Å². The molecule has 24 heavy (non-hydrogen) atoms. The van der Waals surface area contributed by atoms with Crippen LogP contribution in [0.5, 0.6) is 11.5 Å². The van der Waals surface area contributed by atoms with E-state index in [4.69, 9.17) is 9.47 Å². The summed E-state index contributed by atoms with van der Waals surface area (Å²) in [4.78, 5) is 12.0. The zero-order chi connectivity index (χ0) is 17.7. The van der Waals surface area contributed by atoms with Crippen LogP contribution in [-0.4, -0.2) is 35.1 Å². The van der Waals surface area contributed by atoms with Crippen molar-refractivity contribution in [3.8, 4) is 11.5 Å². The van der Waals surface area contributed by atoms with Crippen LogP contribution in [0.25, 0.3) is 0 Å². The largest absolute Gasteiger partial charge is 0.493 e. The van der Waals surface area contributed by atoms with Crippen LogP contribution >= 0.6 is 15.9 Å². The molecule has 1 heterocycles. The number of aryl methyl sites for hydroxylation is 1. The van der Waals surface area contributed by atoms with Gasteiger partial charge in [0.25, 0.3) is 5.91 Å². The first-order valence-corrected chi connectivity index (χ1v) is 8.07. The number of nitrogens with one attached hydrogen (secondary N) is 1. The third-order valence-electron chi connectivity index (χ3n) is 2.93. The van der Waals surface area contributed by atoms with Gasteiger partial charge in [-0.25, -0.2) is 5.43 Å². The Labute approximate surface area is 148 Å². The summed E-state index contributed by atoms with van der Waals surface area (Å²) in [6.45, 7) is 3.89. The Morgan fingerprint density at radius 1 is 1.42 bits per heavy atom. The molecule has 0 aliphatic rings. The second kappa shape index (κ2) is 7.96. The molecule has 0 radical (unpaired) electrons. The molecule has 7 nitrogen and oxygen atoms in total. The minimum Gasteiger partial charge on any atom is -0.493 e. The van der Waals surface area contributed by atoms with Crippen molar-refractivity contribution < 1.29 is 14.3 Å². The Bertz CT molecular complexity index is 756. The molecule has 2 aromatic rings. The molecule has 1 aromatic heterocycles. The van der Waals surface area contributed by atoms with E-state index >= 15 is 0 Å². The fourth-order valence-electron chi connectivity index (χ4n) is 1.95. The number of amides is 1. The average Bonchev–Trinajstić information content (AvgIpc) is 2.86. The van der Waals surface area contributed by atoms with Crippen LogP contribution in [0.1, 0.15) is 29.9 Å². The number of carbonyl (C=O) groups is 1. The van der Waals surface area contributed by atoms with E-state index in [1.54, 1.807) is 37.2 Å². The van der Waals surface area contributed by atoms with Crippen LogP contribution in [0.2, 0.25) is 0 Å². The lowest BCUT2D eigenvalue weighted by Crippen LogP contribution is -2.19. The van der Waals surface area contributed by atoms with Crippen molar-refractivity contribution >= 4 is 28.1 Å². The van der Waals surface area contributed by atoms with E-state index in [0.29, 0.717) is 16.0 Å². The van der Waals surface area contributed by atoms with Gasteiger partial charge in [0.1, 0.15) is 0 Å². The summed E-state index contributed by atoms with van der Waals surface area (Å²) >= 11 is 3.27. The monoisotopic (exact) mass is 394 g/mol. The Balaban J connectivity index is 2.06. The first-order chi connectivity index (χ1) is 11.4. The number of aromatic nitrogens is 2. The Kier molecular flexibility index (Phi) is 5.97. The minimum atomic E-state index is -0.398. The normalized spacial score (nSPS) is 11.1. The van der Waals surface area contributed by atoms with Crippen LogP contribution < -0.4 is 14.9 Å². The van der Waals surface area contributed by atoms with E-state index in [1.165, 1.54) is 6.21 Å². The smallest absolute Gasteiger partial charge is 0.293 e. The molecule has 0 saturated carbocycles. The van der Waals surface area contributed by atoms with Crippen molar-refractivity contribution in [2.24, 2.45) is 12.1 Å². The van der Waals surface area contributed by atoms with Gasteiger partial charge in [0.15, 0.2) is 17.2 Å². The van der Waals surface area contributed by atoms with Crippen molar-refractivity contribution in [2.75, 3.05) is 7.11 Å².